The van der Waals surface area contributed by atoms with Gasteiger partial charge in [0.1, 0.15) is 0 Å². The van der Waals surface area contributed by atoms with E-state index in [4.69, 9.17) is 23.2 Å². The van der Waals surface area contributed by atoms with Crippen molar-refractivity contribution < 1.29 is 13.2 Å². The zero-order chi connectivity index (χ0) is 23.1. The van der Waals surface area contributed by atoms with Crippen molar-refractivity contribution in [2.24, 2.45) is 5.10 Å². The summed E-state index contributed by atoms with van der Waals surface area (Å²) in [5, 5.41) is 4.52. The zero-order valence-corrected chi connectivity index (χ0v) is 19.5. The van der Waals surface area contributed by atoms with Crippen molar-refractivity contribution in [3.8, 4) is 0 Å². The Morgan fingerprint density at radius 1 is 0.969 bits per heavy atom. The van der Waals surface area contributed by atoms with Gasteiger partial charge in [-0.25, -0.2) is 13.8 Å². The molecule has 0 spiro atoms. The van der Waals surface area contributed by atoms with Crippen LogP contribution in [0.3, 0.4) is 0 Å². The van der Waals surface area contributed by atoms with Crippen LogP contribution in [0.2, 0.25) is 10.0 Å². The molecule has 32 heavy (non-hydrogen) atoms. The maximum Gasteiger partial charge on any atom is 0.255 e. The van der Waals surface area contributed by atoms with E-state index in [0.29, 0.717) is 15.6 Å². The molecule has 0 saturated carbocycles. The molecule has 0 aliphatic rings. The Hall–Kier alpha value is -2.71. The van der Waals surface area contributed by atoms with E-state index in [9.17, 15) is 13.2 Å². The van der Waals surface area contributed by atoms with Gasteiger partial charge in [0.25, 0.3) is 5.91 Å². The Morgan fingerprint density at radius 3 is 2.22 bits per heavy atom. The molecule has 0 bridgehead atoms. The van der Waals surface area contributed by atoms with E-state index in [0.717, 1.165) is 15.4 Å². The number of aryl methyl sites for hydroxylation is 1. The van der Waals surface area contributed by atoms with E-state index >= 15 is 0 Å². The van der Waals surface area contributed by atoms with Crippen LogP contribution in [0.25, 0.3) is 0 Å². The van der Waals surface area contributed by atoms with Crippen LogP contribution >= 0.6 is 23.2 Å². The molecule has 6 nitrogen and oxygen atoms in total. The summed E-state index contributed by atoms with van der Waals surface area (Å²) in [4.78, 5) is 12.6. The molecule has 166 valence electrons. The maximum atomic E-state index is 13.3. The SMILES string of the molecule is Cc1ccc(S(=O)(=O)N(CC(=O)N/N=C\c2ccccc2)Cc2c(Cl)cccc2Cl)cc1. The molecule has 0 heterocycles. The summed E-state index contributed by atoms with van der Waals surface area (Å²) in [7, 11) is -4.02. The molecule has 1 N–H and O–H groups in total. The molecule has 0 aromatic heterocycles. The van der Waals surface area contributed by atoms with Gasteiger partial charge in [0.2, 0.25) is 10.0 Å². The van der Waals surface area contributed by atoms with Crippen LogP contribution in [0.4, 0.5) is 0 Å². The predicted octanol–water partition coefficient (Wildman–Crippen LogP) is 4.64. The minimum atomic E-state index is -4.02. The fraction of sp³-hybridized carbons (Fsp3) is 0.130. The van der Waals surface area contributed by atoms with Gasteiger partial charge in [0.05, 0.1) is 17.7 Å². The van der Waals surface area contributed by atoms with Crippen molar-refractivity contribution in [1.82, 2.24) is 9.73 Å². The second-order valence-electron chi connectivity index (χ2n) is 6.99. The second kappa shape index (κ2) is 10.7. The summed E-state index contributed by atoms with van der Waals surface area (Å²) in [6.07, 6.45) is 1.47. The van der Waals surface area contributed by atoms with E-state index in [2.05, 4.69) is 10.5 Å². The number of hydrogen-bond donors (Lipinski definition) is 1. The van der Waals surface area contributed by atoms with E-state index < -0.39 is 22.5 Å². The Balaban J connectivity index is 1.85. The lowest BCUT2D eigenvalue weighted by molar-refractivity contribution is -0.121. The van der Waals surface area contributed by atoms with Crippen LogP contribution in [0.5, 0.6) is 0 Å². The Bertz CT molecular complexity index is 1190. The number of hydrogen-bond acceptors (Lipinski definition) is 4. The number of hydrazone groups is 1. The molecule has 0 radical (unpaired) electrons. The first-order chi connectivity index (χ1) is 15.3. The van der Waals surface area contributed by atoms with Crippen LogP contribution in [-0.2, 0) is 21.4 Å². The number of amides is 1. The molecule has 3 aromatic rings. The van der Waals surface area contributed by atoms with Gasteiger partial charge in [-0.15, -0.1) is 0 Å². The number of rotatable bonds is 8. The third kappa shape index (κ3) is 6.17. The molecule has 0 aliphatic carbocycles. The predicted molar refractivity (Wildman–Crippen MR) is 127 cm³/mol. The monoisotopic (exact) mass is 489 g/mol. The highest BCUT2D eigenvalue weighted by molar-refractivity contribution is 7.89. The van der Waals surface area contributed by atoms with E-state index in [1.807, 2.05) is 37.3 Å². The highest BCUT2D eigenvalue weighted by Crippen LogP contribution is 2.28. The number of nitrogens with one attached hydrogen (secondary N) is 1. The summed E-state index contributed by atoms with van der Waals surface area (Å²) in [6, 6.07) is 20.5. The average Bonchev–Trinajstić information content (AvgIpc) is 2.76. The normalized spacial score (nSPS) is 11.8. The number of halogens is 2. The highest BCUT2D eigenvalue weighted by atomic mass is 35.5. The minimum Gasteiger partial charge on any atom is -0.272 e. The summed E-state index contributed by atoms with van der Waals surface area (Å²) in [5.41, 5.74) is 4.48. The topological polar surface area (TPSA) is 78.8 Å². The first kappa shape index (κ1) is 23.9. The molecule has 1 amide bonds. The quantitative estimate of drug-likeness (QED) is 0.369. The summed E-state index contributed by atoms with van der Waals surface area (Å²) in [5.74, 6) is -0.601. The van der Waals surface area contributed by atoms with Crippen molar-refractivity contribution in [1.29, 1.82) is 0 Å². The zero-order valence-electron chi connectivity index (χ0n) is 17.2. The van der Waals surface area contributed by atoms with Crippen molar-refractivity contribution >= 4 is 45.3 Å². The van der Waals surface area contributed by atoms with E-state index in [-0.39, 0.29) is 11.4 Å². The third-order valence-electron chi connectivity index (χ3n) is 4.58. The Kier molecular flexibility index (Phi) is 8.04. The minimum absolute atomic E-state index is 0.0619. The van der Waals surface area contributed by atoms with Gasteiger partial charge in [-0.05, 0) is 36.8 Å². The van der Waals surface area contributed by atoms with Gasteiger partial charge >= 0.3 is 0 Å². The molecular formula is C23H21Cl2N3O3S. The average molecular weight is 490 g/mol. The molecule has 0 atom stereocenters. The summed E-state index contributed by atoms with van der Waals surface area (Å²) in [6.45, 7) is 1.21. The van der Waals surface area contributed by atoms with Gasteiger partial charge in [-0.3, -0.25) is 4.79 Å². The molecule has 0 unspecified atom stereocenters. The smallest absolute Gasteiger partial charge is 0.255 e. The highest BCUT2D eigenvalue weighted by Gasteiger charge is 2.28. The maximum absolute atomic E-state index is 13.3. The lowest BCUT2D eigenvalue weighted by Crippen LogP contribution is -2.39. The fourth-order valence-electron chi connectivity index (χ4n) is 2.86. The number of sulfonamides is 1. The van der Waals surface area contributed by atoms with Crippen LogP contribution in [0, 0.1) is 6.92 Å². The van der Waals surface area contributed by atoms with Gasteiger partial charge in [-0.2, -0.15) is 9.41 Å². The van der Waals surface area contributed by atoms with Gasteiger partial charge in [0.15, 0.2) is 0 Å². The standard InChI is InChI=1S/C23H21Cl2N3O3S/c1-17-10-12-19(13-11-17)32(30,31)28(15-20-21(24)8-5-9-22(20)25)16-23(29)27-26-14-18-6-3-2-4-7-18/h2-14H,15-16H2,1H3,(H,27,29)/b26-14-. The van der Waals surface area contributed by atoms with Crippen molar-refractivity contribution in [3.63, 3.8) is 0 Å². The van der Waals surface area contributed by atoms with Crippen molar-refractivity contribution in [3.05, 3.63) is 99.5 Å². The Labute approximate surface area is 197 Å². The molecule has 3 rings (SSSR count). The summed E-state index contributed by atoms with van der Waals surface area (Å²) < 4.78 is 27.7. The molecular weight excluding hydrogens is 469 g/mol. The summed E-state index contributed by atoms with van der Waals surface area (Å²) >= 11 is 12.5. The number of benzene rings is 3. The lowest BCUT2D eigenvalue weighted by Gasteiger charge is -2.22. The Morgan fingerprint density at radius 2 is 1.59 bits per heavy atom. The van der Waals surface area contributed by atoms with Crippen LogP contribution in [-0.4, -0.2) is 31.4 Å². The van der Waals surface area contributed by atoms with Crippen LogP contribution < -0.4 is 5.43 Å². The van der Waals surface area contributed by atoms with E-state index in [1.165, 1.54) is 18.3 Å². The number of nitrogens with zero attached hydrogens (tertiary/aromatic N) is 2. The first-order valence-electron chi connectivity index (χ1n) is 9.64. The van der Waals surface area contributed by atoms with Crippen LogP contribution in [0.15, 0.2) is 82.8 Å². The largest absolute Gasteiger partial charge is 0.272 e. The van der Waals surface area contributed by atoms with Crippen LogP contribution in [0.1, 0.15) is 16.7 Å². The molecule has 3 aromatic carbocycles. The molecule has 0 aliphatic heterocycles. The number of carbonyl (C=O) groups is 1. The number of carbonyl (C=O) groups excluding carboxylic acids is 1. The molecule has 0 saturated heterocycles. The van der Waals surface area contributed by atoms with E-state index in [1.54, 1.807) is 30.3 Å². The third-order valence-corrected chi connectivity index (χ3v) is 7.09. The van der Waals surface area contributed by atoms with Gasteiger partial charge < -0.3 is 0 Å². The van der Waals surface area contributed by atoms with Gasteiger partial charge in [0, 0.05) is 22.2 Å². The first-order valence-corrected chi connectivity index (χ1v) is 11.8. The molecule has 0 fully saturated rings. The second-order valence-corrected chi connectivity index (χ2v) is 9.74. The van der Waals surface area contributed by atoms with Crippen molar-refractivity contribution in [2.75, 3.05) is 6.54 Å². The van der Waals surface area contributed by atoms with Gasteiger partial charge in [-0.1, -0.05) is 77.3 Å². The lowest BCUT2D eigenvalue weighted by atomic mass is 10.2. The molecule has 9 heteroatoms. The fourth-order valence-corrected chi connectivity index (χ4v) is 4.74. The van der Waals surface area contributed by atoms with Crippen molar-refractivity contribution in [2.45, 2.75) is 18.4 Å².